The normalized spacial score (nSPS) is 7.87. The smallest absolute Gasteiger partial charge is 0.790 e. The molecule has 0 heterocycles. The molecule has 0 radical (unpaired) electrons. The summed E-state index contributed by atoms with van der Waals surface area (Å²) in [6.45, 7) is 0. The van der Waals surface area contributed by atoms with E-state index in [1.807, 2.05) is 0 Å². The molecule has 0 spiro atoms. The summed E-state index contributed by atoms with van der Waals surface area (Å²) in [7, 11) is -9.78. The van der Waals surface area contributed by atoms with Gasteiger partial charge in [-0.3, -0.25) is 0 Å². The molecule has 0 aliphatic rings. The number of hydrogen-bond acceptors (Lipinski definition) is 4. The minimum Gasteiger partial charge on any atom is -0.790 e. The summed E-state index contributed by atoms with van der Waals surface area (Å²) in [5.74, 6) is 0. The molecule has 0 atom stereocenters. The quantitative estimate of drug-likeness (QED) is 0.244. The van der Waals surface area contributed by atoms with Gasteiger partial charge in [-0.15, -0.1) is 0 Å². The summed E-state index contributed by atoms with van der Waals surface area (Å²) < 4.78 is 17.5. The van der Waals surface area contributed by atoms with Crippen molar-refractivity contribution in [2.45, 2.75) is 0 Å². The standard InChI is InChI=1S/2K.2H3O4P.3H2O/c;;2*1-5(2,3)4;;;/h;;2*(H3,1,2,3,4);3*1H2/q2*+1;;;;;/p-2. The molecule has 0 saturated carbocycles. The van der Waals surface area contributed by atoms with Gasteiger partial charge in [0.2, 0.25) is 0 Å². The van der Waals surface area contributed by atoms with E-state index in [9.17, 15) is 0 Å². The monoisotopic (exact) mass is 326 g/mol. The van der Waals surface area contributed by atoms with Crippen LogP contribution in [-0.4, -0.2) is 36.0 Å². The summed E-state index contributed by atoms with van der Waals surface area (Å²) in [6.07, 6.45) is 0. The fourth-order valence-electron chi connectivity index (χ4n) is 0. The van der Waals surface area contributed by atoms with Gasteiger partial charge >= 0.3 is 111 Å². The molecule has 0 aliphatic carbocycles. The van der Waals surface area contributed by atoms with Gasteiger partial charge in [-0.05, 0) is 0 Å². The van der Waals surface area contributed by atoms with E-state index in [2.05, 4.69) is 0 Å². The minimum atomic E-state index is -5.14. The molecule has 10 N–H and O–H groups in total. The van der Waals surface area contributed by atoms with E-state index in [1.165, 1.54) is 0 Å². The average Bonchev–Trinajstić information content (AvgIpc) is 1.12. The molecule has 0 bridgehead atoms. The van der Waals surface area contributed by atoms with E-state index in [-0.39, 0.29) is 119 Å². The van der Waals surface area contributed by atoms with Crippen molar-refractivity contribution in [1.82, 2.24) is 0 Å². The van der Waals surface area contributed by atoms with Crippen LogP contribution in [-0.2, 0) is 9.13 Å². The van der Waals surface area contributed by atoms with Gasteiger partial charge in [-0.2, -0.15) is 0 Å². The second kappa shape index (κ2) is 19.7. The Morgan fingerprint density at radius 3 is 0.733 bits per heavy atom. The fraction of sp³-hybridized carbons (Fsp3) is 0. The molecular formula is H10K2O11P2. The Bertz CT molecular complexity index is 129. The van der Waals surface area contributed by atoms with Crippen LogP contribution in [0.5, 0.6) is 0 Å². The molecule has 0 rings (SSSR count). The van der Waals surface area contributed by atoms with Crippen molar-refractivity contribution >= 4 is 15.6 Å². The van der Waals surface area contributed by atoms with Crippen molar-refractivity contribution in [2.24, 2.45) is 0 Å². The van der Waals surface area contributed by atoms with Crippen LogP contribution in [0.2, 0.25) is 0 Å². The maximum Gasteiger partial charge on any atom is 1.00 e. The predicted octanol–water partition coefficient (Wildman–Crippen LogP) is -11.6. The van der Waals surface area contributed by atoms with Gasteiger partial charge < -0.3 is 50.4 Å². The first-order valence-electron chi connectivity index (χ1n) is 1.53. The Morgan fingerprint density at radius 1 is 0.733 bits per heavy atom. The summed E-state index contributed by atoms with van der Waals surface area (Å²) in [5.41, 5.74) is 0. The molecule has 15 heavy (non-hydrogen) atoms. The molecule has 11 nitrogen and oxygen atoms in total. The van der Waals surface area contributed by atoms with Gasteiger partial charge in [0.1, 0.15) is 0 Å². The predicted molar refractivity (Wildman–Crippen MR) is 34.9 cm³/mol. The summed E-state index contributed by atoms with van der Waals surface area (Å²) in [5, 5.41) is 0. The van der Waals surface area contributed by atoms with Crippen LogP contribution in [0.25, 0.3) is 0 Å². The van der Waals surface area contributed by atoms with Gasteiger partial charge in [-0.25, -0.2) is 4.57 Å². The van der Waals surface area contributed by atoms with Gasteiger partial charge in [-0.1, -0.05) is 0 Å². The second-order valence-electron chi connectivity index (χ2n) is 0.982. The first-order valence-corrected chi connectivity index (χ1v) is 4.59. The third kappa shape index (κ3) is 361. The summed E-state index contributed by atoms with van der Waals surface area (Å²) in [4.78, 5) is 45.8. The summed E-state index contributed by atoms with van der Waals surface area (Å²) in [6, 6.07) is 0. The van der Waals surface area contributed by atoms with E-state index in [1.54, 1.807) is 0 Å². The van der Waals surface area contributed by atoms with Crippen LogP contribution in [0, 0.1) is 0 Å². The van der Waals surface area contributed by atoms with E-state index in [0.717, 1.165) is 0 Å². The van der Waals surface area contributed by atoms with Crippen molar-refractivity contribution < 1.29 is 158 Å². The van der Waals surface area contributed by atoms with Crippen molar-refractivity contribution in [3.63, 3.8) is 0 Å². The van der Waals surface area contributed by atoms with Crippen LogP contribution >= 0.6 is 15.6 Å². The van der Waals surface area contributed by atoms with E-state index < -0.39 is 15.6 Å². The first kappa shape index (κ1) is 42.9. The molecular weight excluding hydrogens is 316 g/mol. The van der Waals surface area contributed by atoms with Gasteiger partial charge in [0.05, 0.1) is 7.82 Å². The van der Waals surface area contributed by atoms with Crippen molar-refractivity contribution in [3.05, 3.63) is 0 Å². The number of rotatable bonds is 0. The van der Waals surface area contributed by atoms with Crippen molar-refractivity contribution in [3.8, 4) is 0 Å². The van der Waals surface area contributed by atoms with Crippen LogP contribution in [0.4, 0.5) is 0 Å². The molecule has 0 saturated heterocycles. The molecule has 0 amide bonds. The van der Waals surface area contributed by atoms with Crippen LogP contribution in [0.1, 0.15) is 0 Å². The van der Waals surface area contributed by atoms with Gasteiger partial charge in [0.25, 0.3) is 0 Å². The molecule has 0 unspecified atom stereocenters. The third-order valence-electron chi connectivity index (χ3n) is 0. The van der Waals surface area contributed by atoms with Crippen LogP contribution < -0.4 is 113 Å². The van der Waals surface area contributed by atoms with Gasteiger partial charge in [0, 0.05) is 0 Å². The minimum absolute atomic E-state index is 0. The first-order chi connectivity index (χ1) is 4.00. The van der Waals surface area contributed by atoms with Crippen LogP contribution in [0.3, 0.4) is 0 Å². The Labute approximate surface area is 170 Å². The maximum atomic E-state index is 8.88. The number of hydrogen-bond donors (Lipinski definition) is 4. The molecule has 0 aliphatic heterocycles. The van der Waals surface area contributed by atoms with E-state index in [4.69, 9.17) is 38.5 Å². The summed E-state index contributed by atoms with van der Waals surface area (Å²) >= 11 is 0. The Balaban J connectivity index is -0.0000000128. The molecule has 0 aromatic carbocycles. The topological polar surface area (TPSA) is 256 Å². The molecule has 0 aromatic rings. The van der Waals surface area contributed by atoms with E-state index in [0.29, 0.717) is 0 Å². The van der Waals surface area contributed by atoms with E-state index >= 15 is 0 Å². The van der Waals surface area contributed by atoms with Crippen LogP contribution in [0.15, 0.2) is 0 Å². The Hall–Kier alpha value is 3.37. The Kier molecular flexibility index (Phi) is 56.3. The number of phosphoric acid groups is 2. The molecule has 15 heteroatoms. The van der Waals surface area contributed by atoms with Crippen molar-refractivity contribution in [1.29, 1.82) is 0 Å². The zero-order valence-electron chi connectivity index (χ0n) is 7.82. The zero-order chi connectivity index (χ0) is 9.00. The average molecular weight is 326 g/mol. The molecule has 88 valence electrons. The zero-order valence-corrected chi connectivity index (χ0v) is 15.9. The van der Waals surface area contributed by atoms with Crippen molar-refractivity contribution in [2.75, 3.05) is 0 Å². The fourth-order valence-corrected chi connectivity index (χ4v) is 0. The SMILES string of the molecule is O.O.O.O=P(O)(O)O.O=P([O-])([O-])O.[K+].[K+]. The molecule has 0 fully saturated rings. The third-order valence-corrected chi connectivity index (χ3v) is 0. The van der Waals surface area contributed by atoms with Gasteiger partial charge in [0.15, 0.2) is 0 Å². The molecule has 0 aromatic heterocycles. The maximum absolute atomic E-state index is 8.88. The largest absolute Gasteiger partial charge is 1.00 e. The Morgan fingerprint density at radius 2 is 0.733 bits per heavy atom. The second-order valence-corrected chi connectivity index (χ2v) is 2.95.